The maximum absolute atomic E-state index is 9.29. The maximum Gasteiger partial charge on any atom is 0.140 e. The lowest BCUT2D eigenvalue weighted by Crippen LogP contribution is -2.50. The molecule has 1 aliphatic rings. The monoisotopic (exact) mass is 274 g/mol. The zero-order chi connectivity index (χ0) is 14.1. The number of aliphatic hydroxyl groups is 1. The Balaban J connectivity index is 2.04. The van der Waals surface area contributed by atoms with Crippen molar-refractivity contribution >= 4 is 22.4 Å². The number of nitrogens with zero attached hydrogens (tertiary/aromatic N) is 3. The topological polar surface area (TPSA) is 84.5 Å². The Morgan fingerprint density at radius 3 is 3.10 bits per heavy atom. The lowest BCUT2D eigenvalue weighted by molar-refractivity contribution is -0.0104. The Bertz CT molecular complexity index is 619. The van der Waals surface area contributed by atoms with Crippen molar-refractivity contribution < 1.29 is 9.84 Å². The van der Waals surface area contributed by atoms with Crippen molar-refractivity contribution in [1.82, 2.24) is 9.97 Å². The lowest BCUT2D eigenvalue weighted by atomic mass is 10.1. The molecule has 0 amide bonds. The summed E-state index contributed by atoms with van der Waals surface area (Å²) in [5.74, 6) is 0.865. The highest BCUT2D eigenvalue weighted by molar-refractivity contribution is 5.91. The highest BCUT2D eigenvalue weighted by Gasteiger charge is 2.27. The van der Waals surface area contributed by atoms with E-state index in [1.807, 2.05) is 18.2 Å². The van der Waals surface area contributed by atoms with E-state index in [1.165, 1.54) is 0 Å². The summed E-state index contributed by atoms with van der Waals surface area (Å²) in [4.78, 5) is 10.8. The number of aliphatic hydroxyl groups excluding tert-OH is 1. The van der Waals surface area contributed by atoms with Gasteiger partial charge in [-0.3, -0.25) is 0 Å². The predicted octanol–water partition coefficient (Wildman–Crippen LogP) is 0.798. The van der Waals surface area contributed by atoms with Crippen LogP contribution in [0.1, 0.15) is 6.92 Å². The molecule has 0 aliphatic carbocycles. The summed E-state index contributed by atoms with van der Waals surface area (Å²) < 4.78 is 5.57. The first-order valence-electron chi connectivity index (χ1n) is 6.68. The minimum Gasteiger partial charge on any atom is -0.399 e. The quantitative estimate of drug-likeness (QED) is 0.788. The fraction of sp³-hybridized carbons (Fsp3) is 0.429. The number of morpholine rings is 1. The van der Waals surface area contributed by atoms with Crippen molar-refractivity contribution in [3.8, 4) is 0 Å². The van der Waals surface area contributed by atoms with Gasteiger partial charge in [0.25, 0.3) is 0 Å². The minimum atomic E-state index is -0.176. The van der Waals surface area contributed by atoms with Crippen molar-refractivity contribution in [2.24, 2.45) is 0 Å². The van der Waals surface area contributed by atoms with Crippen molar-refractivity contribution in [3.63, 3.8) is 0 Å². The van der Waals surface area contributed by atoms with Crippen LogP contribution < -0.4 is 10.6 Å². The molecule has 6 nitrogen and oxygen atoms in total. The SMILES string of the molecule is CC1COC(CO)CN1c1ncnc2cc(N)ccc12. The number of aromatic nitrogens is 2. The van der Waals surface area contributed by atoms with Crippen LogP contribution in [0.4, 0.5) is 11.5 Å². The van der Waals surface area contributed by atoms with E-state index in [-0.39, 0.29) is 18.8 Å². The number of hydrogen-bond acceptors (Lipinski definition) is 6. The molecule has 1 aromatic carbocycles. The number of benzene rings is 1. The van der Waals surface area contributed by atoms with E-state index in [0.717, 1.165) is 16.7 Å². The molecule has 0 radical (unpaired) electrons. The average Bonchev–Trinajstić information content (AvgIpc) is 2.47. The van der Waals surface area contributed by atoms with Crippen LogP contribution in [-0.2, 0) is 4.74 Å². The van der Waals surface area contributed by atoms with Gasteiger partial charge >= 0.3 is 0 Å². The summed E-state index contributed by atoms with van der Waals surface area (Å²) in [5, 5.41) is 10.3. The molecular formula is C14H18N4O2. The lowest BCUT2D eigenvalue weighted by Gasteiger charge is -2.38. The second-order valence-electron chi connectivity index (χ2n) is 5.11. The zero-order valence-corrected chi connectivity index (χ0v) is 11.4. The number of ether oxygens (including phenoxy) is 1. The number of hydrogen-bond donors (Lipinski definition) is 2. The number of nitrogens with two attached hydrogens (primary N) is 1. The third kappa shape index (κ3) is 2.28. The summed E-state index contributed by atoms with van der Waals surface area (Å²) in [6.07, 6.45) is 1.37. The molecule has 1 fully saturated rings. The van der Waals surface area contributed by atoms with Gasteiger partial charge in [-0.05, 0) is 25.1 Å². The number of fused-ring (bicyclic) bond motifs is 1. The van der Waals surface area contributed by atoms with Gasteiger partial charge < -0.3 is 20.5 Å². The largest absolute Gasteiger partial charge is 0.399 e. The first-order chi connectivity index (χ1) is 9.69. The Morgan fingerprint density at radius 1 is 1.45 bits per heavy atom. The Morgan fingerprint density at radius 2 is 2.30 bits per heavy atom. The van der Waals surface area contributed by atoms with Crippen molar-refractivity contribution in [1.29, 1.82) is 0 Å². The Hall–Kier alpha value is -1.92. The molecular weight excluding hydrogens is 256 g/mol. The van der Waals surface area contributed by atoms with E-state index < -0.39 is 0 Å². The number of nitrogen functional groups attached to an aromatic ring is 1. The van der Waals surface area contributed by atoms with Crippen molar-refractivity contribution in [2.45, 2.75) is 19.1 Å². The molecule has 3 rings (SSSR count). The van der Waals surface area contributed by atoms with Crippen LogP contribution in [0.2, 0.25) is 0 Å². The molecule has 0 bridgehead atoms. The van der Waals surface area contributed by atoms with Gasteiger partial charge in [0.1, 0.15) is 12.1 Å². The number of rotatable bonds is 2. The van der Waals surface area contributed by atoms with Gasteiger partial charge in [0.05, 0.1) is 30.9 Å². The van der Waals surface area contributed by atoms with E-state index in [4.69, 9.17) is 10.5 Å². The highest BCUT2D eigenvalue weighted by atomic mass is 16.5. The maximum atomic E-state index is 9.29. The molecule has 6 heteroatoms. The first kappa shape index (κ1) is 13.1. The van der Waals surface area contributed by atoms with Gasteiger partial charge in [0, 0.05) is 17.6 Å². The molecule has 0 spiro atoms. The van der Waals surface area contributed by atoms with Gasteiger partial charge in [-0.1, -0.05) is 0 Å². The molecule has 20 heavy (non-hydrogen) atoms. The van der Waals surface area contributed by atoms with Crippen LogP contribution in [-0.4, -0.2) is 47.0 Å². The molecule has 3 N–H and O–H groups in total. The summed E-state index contributed by atoms with van der Waals surface area (Å²) in [7, 11) is 0. The van der Waals surface area contributed by atoms with Crippen molar-refractivity contribution in [2.75, 3.05) is 30.4 Å². The average molecular weight is 274 g/mol. The standard InChI is InChI=1S/C14H18N4O2/c1-9-7-20-11(6-19)5-18(9)14-12-3-2-10(15)4-13(12)16-8-17-14/h2-4,8-9,11,19H,5-7,15H2,1H3. The van der Waals surface area contributed by atoms with Crippen LogP contribution in [0.5, 0.6) is 0 Å². The first-order valence-corrected chi connectivity index (χ1v) is 6.68. The van der Waals surface area contributed by atoms with E-state index >= 15 is 0 Å². The third-order valence-electron chi connectivity index (χ3n) is 3.62. The van der Waals surface area contributed by atoms with E-state index in [9.17, 15) is 5.11 Å². The van der Waals surface area contributed by atoms with Crippen LogP contribution >= 0.6 is 0 Å². The Labute approximate surface area is 117 Å². The Kier molecular flexibility index (Phi) is 3.42. The molecule has 2 aromatic rings. The summed E-state index contributed by atoms with van der Waals surface area (Å²) in [5.41, 5.74) is 7.31. The van der Waals surface area contributed by atoms with Gasteiger partial charge in [-0.15, -0.1) is 0 Å². The zero-order valence-electron chi connectivity index (χ0n) is 11.4. The highest BCUT2D eigenvalue weighted by Crippen LogP contribution is 2.27. The van der Waals surface area contributed by atoms with E-state index in [1.54, 1.807) is 6.33 Å². The minimum absolute atomic E-state index is 0.0131. The summed E-state index contributed by atoms with van der Waals surface area (Å²) in [6.45, 7) is 3.29. The van der Waals surface area contributed by atoms with Gasteiger partial charge in [0.15, 0.2) is 0 Å². The summed E-state index contributed by atoms with van der Waals surface area (Å²) in [6, 6.07) is 5.84. The molecule has 1 saturated heterocycles. The van der Waals surface area contributed by atoms with Crippen LogP contribution in [0, 0.1) is 0 Å². The van der Waals surface area contributed by atoms with Crippen LogP contribution in [0.25, 0.3) is 10.9 Å². The number of anilines is 2. The molecule has 1 aliphatic heterocycles. The molecule has 2 atom stereocenters. The van der Waals surface area contributed by atoms with E-state index in [2.05, 4.69) is 21.8 Å². The molecule has 2 unspecified atom stereocenters. The summed E-state index contributed by atoms with van der Waals surface area (Å²) >= 11 is 0. The van der Waals surface area contributed by atoms with Crippen LogP contribution in [0.15, 0.2) is 24.5 Å². The van der Waals surface area contributed by atoms with Crippen molar-refractivity contribution in [3.05, 3.63) is 24.5 Å². The van der Waals surface area contributed by atoms with Gasteiger partial charge in [-0.2, -0.15) is 0 Å². The molecule has 106 valence electrons. The third-order valence-corrected chi connectivity index (χ3v) is 3.62. The molecule has 2 heterocycles. The van der Waals surface area contributed by atoms with E-state index in [0.29, 0.717) is 18.8 Å². The smallest absolute Gasteiger partial charge is 0.140 e. The fourth-order valence-electron chi connectivity index (χ4n) is 2.51. The predicted molar refractivity (Wildman–Crippen MR) is 77.6 cm³/mol. The fourth-order valence-corrected chi connectivity index (χ4v) is 2.51. The second-order valence-corrected chi connectivity index (χ2v) is 5.11. The molecule has 1 aromatic heterocycles. The van der Waals surface area contributed by atoms with Gasteiger partial charge in [0.2, 0.25) is 0 Å². The normalized spacial score (nSPS) is 23.2. The van der Waals surface area contributed by atoms with Crippen LogP contribution in [0.3, 0.4) is 0 Å². The van der Waals surface area contributed by atoms with Gasteiger partial charge in [-0.25, -0.2) is 9.97 Å². The molecule has 0 saturated carbocycles. The second kappa shape index (κ2) is 5.22.